The third kappa shape index (κ3) is 3.48. The topological polar surface area (TPSA) is 95.1 Å². The van der Waals surface area contributed by atoms with Gasteiger partial charge in [-0.3, -0.25) is 9.10 Å². The minimum Gasteiger partial charge on any atom is -0.338 e. The third-order valence-electron chi connectivity index (χ3n) is 6.54. The van der Waals surface area contributed by atoms with Crippen LogP contribution in [0.25, 0.3) is 10.8 Å². The number of amides is 1. The first kappa shape index (κ1) is 22.8. The zero-order valence-electron chi connectivity index (χ0n) is 18.9. The molecule has 178 valence electrons. The van der Waals surface area contributed by atoms with Gasteiger partial charge >= 0.3 is 0 Å². The second-order valence-corrected chi connectivity index (χ2v) is 12.4. The Labute approximate surface area is 199 Å². The second-order valence-electron chi connectivity index (χ2n) is 8.65. The number of sulfonamides is 2. The van der Waals surface area contributed by atoms with E-state index in [1.807, 2.05) is 19.1 Å². The molecule has 3 aromatic carbocycles. The van der Waals surface area contributed by atoms with Gasteiger partial charge in [0, 0.05) is 31.6 Å². The maximum atomic E-state index is 13.4. The molecule has 10 heteroatoms. The lowest BCUT2D eigenvalue weighted by Crippen LogP contribution is -2.55. The van der Waals surface area contributed by atoms with Crippen LogP contribution in [0.3, 0.4) is 0 Å². The fraction of sp³-hybridized carbons (Fsp3) is 0.292. The monoisotopic (exact) mass is 499 g/mol. The Morgan fingerprint density at radius 3 is 2.18 bits per heavy atom. The molecule has 0 aliphatic carbocycles. The summed E-state index contributed by atoms with van der Waals surface area (Å²) in [6.45, 7) is 4.16. The van der Waals surface area contributed by atoms with E-state index in [0.29, 0.717) is 11.1 Å². The molecule has 8 nitrogen and oxygen atoms in total. The average Bonchev–Trinajstić information content (AvgIpc) is 3.06. The Morgan fingerprint density at radius 2 is 1.53 bits per heavy atom. The largest absolute Gasteiger partial charge is 0.338 e. The maximum absolute atomic E-state index is 13.4. The van der Waals surface area contributed by atoms with E-state index in [-0.39, 0.29) is 41.9 Å². The quantitative estimate of drug-likeness (QED) is 0.550. The molecule has 2 heterocycles. The van der Waals surface area contributed by atoms with Gasteiger partial charge in [0.25, 0.3) is 10.0 Å². The van der Waals surface area contributed by atoms with Crippen LogP contribution >= 0.6 is 0 Å². The summed E-state index contributed by atoms with van der Waals surface area (Å²) in [6, 6.07) is 16.2. The normalized spacial score (nSPS) is 18.9. The van der Waals surface area contributed by atoms with Gasteiger partial charge in [0.05, 0.1) is 15.5 Å². The Bertz CT molecular complexity index is 1490. The average molecular weight is 500 g/mol. The molecule has 0 aromatic heterocycles. The van der Waals surface area contributed by atoms with Crippen LogP contribution in [0.15, 0.2) is 70.5 Å². The van der Waals surface area contributed by atoms with Gasteiger partial charge in [0.1, 0.15) is 6.04 Å². The van der Waals surface area contributed by atoms with Crippen LogP contribution in [0.5, 0.6) is 0 Å². The van der Waals surface area contributed by atoms with Gasteiger partial charge in [-0.15, -0.1) is 0 Å². The van der Waals surface area contributed by atoms with Crippen molar-refractivity contribution in [1.29, 1.82) is 0 Å². The van der Waals surface area contributed by atoms with Crippen molar-refractivity contribution >= 4 is 42.4 Å². The Hall–Kier alpha value is -2.95. The van der Waals surface area contributed by atoms with Crippen molar-refractivity contribution < 1.29 is 21.6 Å². The molecule has 1 saturated heterocycles. The highest BCUT2D eigenvalue weighted by molar-refractivity contribution is 7.93. The van der Waals surface area contributed by atoms with Crippen molar-refractivity contribution in [1.82, 2.24) is 9.21 Å². The number of nitrogens with zero attached hydrogens (tertiary/aromatic N) is 3. The van der Waals surface area contributed by atoms with Crippen molar-refractivity contribution in [3.8, 4) is 0 Å². The van der Waals surface area contributed by atoms with Crippen LogP contribution in [0, 0.1) is 6.92 Å². The zero-order chi connectivity index (χ0) is 24.3. The van der Waals surface area contributed by atoms with Gasteiger partial charge in [-0.25, -0.2) is 16.8 Å². The number of piperazine rings is 1. The summed E-state index contributed by atoms with van der Waals surface area (Å²) in [5, 5.41) is 1.43. The minimum atomic E-state index is -3.88. The second kappa shape index (κ2) is 8.07. The summed E-state index contributed by atoms with van der Waals surface area (Å²) in [4.78, 5) is 15.3. The van der Waals surface area contributed by atoms with Crippen LogP contribution in [0.4, 0.5) is 5.69 Å². The summed E-state index contributed by atoms with van der Waals surface area (Å²) < 4.78 is 55.2. The molecule has 0 bridgehead atoms. The molecule has 5 rings (SSSR count). The molecule has 3 aromatic rings. The van der Waals surface area contributed by atoms with Crippen LogP contribution in [0.1, 0.15) is 12.5 Å². The fourth-order valence-corrected chi connectivity index (χ4v) is 7.99. The highest BCUT2D eigenvalue weighted by Crippen LogP contribution is 2.43. The molecule has 1 amide bonds. The standard InChI is InChI=1S/C24H25N3O5S2/c1-17-9-11-20(12-10-17)33(29,30)26-15-13-25(14-16-26)24(28)18(2)27-21-7-3-5-19-6-4-8-22(23(19)21)34(27,31)32/h3-12,18H,13-16H2,1-2H3/t18-/m1/s1. The van der Waals surface area contributed by atoms with Crippen molar-refractivity contribution in [2.75, 3.05) is 30.5 Å². The van der Waals surface area contributed by atoms with Crippen molar-refractivity contribution in [3.05, 3.63) is 66.2 Å². The molecule has 2 aliphatic rings. The van der Waals surface area contributed by atoms with Crippen molar-refractivity contribution in [2.24, 2.45) is 0 Å². The number of carbonyl (C=O) groups excluding carboxylic acids is 1. The molecular formula is C24H25N3O5S2. The first-order valence-electron chi connectivity index (χ1n) is 11.0. The minimum absolute atomic E-state index is 0.150. The summed E-state index contributed by atoms with van der Waals surface area (Å²) in [7, 11) is -7.53. The lowest BCUT2D eigenvalue weighted by atomic mass is 10.1. The fourth-order valence-electron chi connectivity index (χ4n) is 4.71. The van der Waals surface area contributed by atoms with Crippen LogP contribution < -0.4 is 4.31 Å². The molecule has 0 saturated carbocycles. The molecule has 34 heavy (non-hydrogen) atoms. The van der Waals surface area contributed by atoms with Gasteiger partial charge in [-0.1, -0.05) is 42.0 Å². The molecule has 2 aliphatic heterocycles. The number of rotatable bonds is 4. The Kier molecular flexibility index (Phi) is 5.42. The Morgan fingerprint density at radius 1 is 0.912 bits per heavy atom. The van der Waals surface area contributed by atoms with E-state index >= 15 is 0 Å². The third-order valence-corrected chi connectivity index (χ3v) is 10.4. The molecule has 1 atom stereocenters. The maximum Gasteiger partial charge on any atom is 0.265 e. The zero-order valence-corrected chi connectivity index (χ0v) is 20.5. The SMILES string of the molecule is Cc1ccc(S(=O)(=O)N2CCN(C(=O)[C@@H](C)N3c4cccc5cccc(c45)S3(=O)=O)CC2)cc1. The number of hydrogen-bond acceptors (Lipinski definition) is 5. The van der Waals surface area contributed by atoms with Gasteiger partial charge in [0.2, 0.25) is 15.9 Å². The van der Waals surface area contributed by atoms with Crippen LogP contribution in [-0.4, -0.2) is 64.2 Å². The molecular weight excluding hydrogens is 474 g/mol. The van der Waals surface area contributed by atoms with Gasteiger partial charge < -0.3 is 4.90 Å². The first-order chi connectivity index (χ1) is 16.1. The first-order valence-corrected chi connectivity index (χ1v) is 13.9. The number of aryl methyl sites for hydroxylation is 1. The molecule has 0 radical (unpaired) electrons. The van der Waals surface area contributed by atoms with E-state index in [0.717, 1.165) is 10.9 Å². The number of carbonyl (C=O) groups is 1. The van der Waals surface area contributed by atoms with Gasteiger partial charge in [0.15, 0.2) is 0 Å². The predicted molar refractivity (Wildman–Crippen MR) is 130 cm³/mol. The number of hydrogen-bond donors (Lipinski definition) is 0. The summed E-state index contributed by atoms with van der Waals surface area (Å²) in [6.07, 6.45) is 0. The summed E-state index contributed by atoms with van der Waals surface area (Å²) in [5.74, 6) is -0.347. The van der Waals surface area contributed by atoms with E-state index in [1.165, 1.54) is 8.61 Å². The predicted octanol–water partition coefficient (Wildman–Crippen LogP) is 2.58. The highest BCUT2D eigenvalue weighted by atomic mass is 32.2. The van der Waals surface area contributed by atoms with E-state index < -0.39 is 26.1 Å². The highest BCUT2D eigenvalue weighted by Gasteiger charge is 2.42. The Balaban J connectivity index is 1.35. The molecule has 0 unspecified atom stereocenters. The van der Waals surface area contributed by atoms with Crippen molar-refractivity contribution in [3.63, 3.8) is 0 Å². The summed E-state index contributed by atoms with van der Waals surface area (Å²) in [5.41, 5.74) is 1.47. The van der Waals surface area contributed by atoms with Gasteiger partial charge in [-0.05, 0) is 43.5 Å². The van der Waals surface area contributed by atoms with Crippen molar-refractivity contribution in [2.45, 2.75) is 29.7 Å². The van der Waals surface area contributed by atoms with Gasteiger partial charge in [-0.2, -0.15) is 4.31 Å². The van der Waals surface area contributed by atoms with E-state index in [9.17, 15) is 21.6 Å². The lowest BCUT2D eigenvalue weighted by Gasteiger charge is -2.37. The lowest BCUT2D eigenvalue weighted by molar-refractivity contribution is -0.133. The van der Waals surface area contributed by atoms with E-state index in [4.69, 9.17) is 0 Å². The van der Waals surface area contributed by atoms with E-state index in [2.05, 4.69) is 0 Å². The van der Waals surface area contributed by atoms with Crippen LogP contribution in [-0.2, 0) is 24.8 Å². The number of anilines is 1. The summed E-state index contributed by atoms with van der Waals surface area (Å²) >= 11 is 0. The smallest absolute Gasteiger partial charge is 0.265 e. The molecule has 1 fully saturated rings. The van der Waals surface area contributed by atoms with E-state index in [1.54, 1.807) is 60.4 Å². The number of benzene rings is 3. The molecule has 0 spiro atoms. The molecule has 0 N–H and O–H groups in total. The van der Waals surface area contributed by atoms with Crippen LogP contribution in [0.2, 0.25) is 0 Å².